The fourth-order valence-electron chi connectivity index (χ4n) is 2.42. The molecule has 7 nitrogen and oxygen atoms in total. The number of carbonyl (C=O) groups is 1. The first kappa shape index (κ1) is 19.2. The van der Waals surface area contributed by atoms with Crippen molar-refractivity contribution in [2.45, 2.75) is 12.1 Å². The van der Waals surface area contributed by atoms with Crippen LogP contribution in [0.25, 0.3) is 11.4 Å². The number of halogens is 1. The van der Waals surface area contributed by atoms with Gasteiger partial charge in [0.05, 0.1) is 12.9 Å². The monoisotopic (exact) mass is 447 g/mol. The smallest absolute Gasteiger partial charge is 0.234 e. The van der Waals surface area contributed by atoms with Crippen molar-refractivity contribution in [1.29, 1.82) is 0 Å². The van der Waals surface area contributed by atoms with Gasteiger partial charge in [0, 0.05) is 15.7 Å². The van der Waals surface area contributed by atoms with Gasteiger partial charge >= 0.3 is 0 Å². The summed E-state index contributed by atoms with van der Waals surface area (Å²) in [6.07, 6.45) is 0. The second-order valence-electron chi connectivity index (χ2n) is 5.70. The lowest BCUT2D eigenvalue weighted by molar-refractivity contribution is -0.113. The number of amides is 1. The molecule has 9 heteroatoms. The van der Waals surface area contributed by atoms with Crippen molar-refractivity contribution in [3.8, 4) is 17.1 Å². The fourth-order valence-corrected chi connectivity index (χ4v) is 3.48. The molecule has 0 aliphatic carbocycles. The Hall–Kier alpha value is -2.52. The number of methoxy groups -OCH3 is 1. The third kappa shape index (κ3) is 4.61. The second-order valence-corrected chi connectivity index (χ2v) is 7.56. The zero-order chi connectivity index (χ0) is 19.4. The Morgan fingerprint density at radius 2 is 2.11 bits per heavy atom. The van der Waals surface area contributed by atoms with Crippen molar-refractivity contribution in [2.24, 2.45) is 0 Å². The van der Waals surface area contributed by atoms with Gasteiger partial charge in [0.25, 0.3) is 0 Å². The number of nitrogens with one attached hydrogen (secondary N) is 1. The summed E-state index contributed by atoms with van der Waals surface area (Å²) in [4.78, 5) is 12.3. The Balaban J connectivity index is 1.64. The molecule has 3 N–H and O–H groups in total. The topological polar surface area (TPSA) is 95.1 Å². The van der Waals surface area contributed by atoms with E-state index in [2.05, 4.69) is 31.4 Å². The van der Waals surface area contributed by atoms with Gasteiger partial charge in [0.2, 0.25) is 11.1 Å². The highest BCUT2D eigenvalue weighted by Gasteiger charge is 2.14. The van der Waals surface area contributed by atoms with Crippen LogP contribution in [-0.2, 0) is 4.79 Å². The molecule has 1 heterocycles. The van der Waals surface area contributed by atoms with Crippen LogP contribution in [0, 0.1) is 6.92 Å². The van der Waals surface area contributed by atoms with E-state index in [0.29, 0.717) is 11.0 Å². The number of anilines is 1. The van der Waals surface area contributed by atoms with Gasteiger partial charge in [-0.25, -0.2) is 4.68 Å². The standard InChI is InChI=1S/C18H18BrN5O2S/c1-11-8-14(26-2)6-7-15(11)21-16(25)10-27-18-23-22-17(24(18)20)12-4-3-5-13(19)9-12/h3-9H,10,20H2,1-2H3,(H,21,25). The van der Waals surface area contributed by atoms with Crippen molar-refractivity contribution in [2.75, 3.05) is 24.0 Å². The number of rotatable bonds is 6. The number of thioether (sulfide) groups is 1. The Morgan fingerprint density at radius 1 is 1.30 bits per heavy atom. The molecule has 0 saturated heterocycles. The van der Waals surface area contributed by atoms with E-state index in [1.165, 1.54) is 16.4 Å². The van der Waals surface area contributed by atoms with Gasteiger partial charge in [-0.1, -0.05) is 39.8 Å². The van der Waals surface area contributed by atoms with Crippen molar-refractivity contribution >= 4 is 39.3 Å². The molecule has 0 bridgehead atoms. The van der Waals surface area contributed by atoms with E-state index in [1.54, 1.807) is 13.2 Å². The Morgan fingerprint density at radius 3 is 2.81 bits per heavy atom. The summed E-state index contributed by atoms with van der Waals surface area (Å²) >= 11 is 4.65. The molecule has 0 aliphatic rings. The van der Waals surface area contributed by atoms with E-state index in [0.717, 1.165) is 27.0 Å². The largest absolute Gasteiger partial charge is 0.497 e. The molecule has 0 fully saturated rings. The number of nitrogens with two attached hydrogens (primary N) is 1. The van der Waals surface area contributed by atoms with Crippen LogP contribution in [0.15, 0.2) is 52.1 Å². The van der Waals surface area contributed by atoms with Crippen molar-refractivity contribution in [3.63, 3.8) is 0 Å². The minimum Gasteiger partial charge on any atom is -0.497 e. The minimum absolute atomic E-state index is 0.153. The van der Waals surface area contributed by atoms with E-state index < -0.39 is 0 Å². The molecule has 1 aromatic heterocycles. The van der Waals surface area contributed by atoms with Gasteiger partial charge in [-0.05, 0) is 42.8 Å². The average Bonchev–Trinajstić information content (AvgIpc) is 3.02. The van der Waals surface area contributed by atoms with Crippen LogP contribution in [0.4, 0.5) is 5.69 Å². The molecule has 140 valence electrons. The van der Waals surface area contributed by atoms with Crippen LogP contribution in [0.1, 0.15) is 5.56 Å². The molecular formula is C18H18BrN5O2S. The third-order valence-electron chi connectivity index (χ3n) is 3.79. The SMILES string of the molecule is COc1ccc(NC(=O)CSc2nnc(-c3cccc(Br)c3)n2N)c(C)c1. The molecule has 0 aliphatic heterocycles. The van der Waals surface area contributed by atoms with E-state index in [9.17, 15) is 4.79 Å². The highest BCUT2D eigenvalue weighted by atomic mass is 79.9. The number of nitrogens with zero attached hydrogens (tertiary/aromatic N) is 3. The maximum absolute atomic E-state index is 12.3. The number of benzene rings is 2. The number of ether oxygens (including phenoxy) is 1. The molecule has 3 rings (SSSR count). The Kier molecular flexibility index (Phi) is 6.02. The fraction of sp³-hybridized carbons (Fsp3) is 0.167. The minimum atomic E-state index is -0.153. The quantitative estimate of drug-likeness (QED) is 0.443. The van der Waals surface area contributed by atoms with Crippen LogP contribution < -0.4 is 15.9 Å². The summed E-state index contributed by atoms with van der Waals surface area (Å²) in [5.41, 5.74) is 2.50. The number of hydrogen-bond acceptors (Lipinski definition) is 6. The molecule has 0 atom stereocenters. The molecule has 3 aromatic rings. The van der Waals surface area contributed by atoms with Gasteiger partial charge in [-0.15, -0.1) is 10.2 Å². The van der Waals surface area contributed by atoms with Crippen LogP contribution in [-0.4, -0.2) is 33.6 Å². The predicted octanol–water partition coefficient (Wildman–Crippen LogP) is 3.47. The molecule has 0 unspecified atom stereocenters. The highest BCUT2D eigenvalue weighted by molar-refractivity contribution is 9.10. The molecule has 0 spiro atoms. The van der Waals surface area contributed by atoms with Crippen LogP contribution >= 0.6 is 27.7 Å². The number of aromatic nitrogens is 3. The maximum atomic E-state index is 12.3. The third-order valence-corrected chi connectivity index (χ3v) is 5.22. The van der Waals surface area contributed by atoms with E-state index in [-0.39, 0.29) is 11.7 Å². The second kappa shape index (κ2) is 8.45. The van der Waals surface area contributed by atoms with Crippen LogP contribution in [0.2, 0.25) is 0 Å². The van der Waals surface area contributed by atoms with E-state index in [1.807, 2.05) is 43.3 Å². The zero-order valence-electron chi connectivity index (χ0n) is 14.8. The van der Waals surface area contributed by atoms with Crippen LogP contribution in [0.5, 0.6) is 5.75 Å². The molecule has 2 aromatic carbocycles. The number of aryl methyl sites for hydroxylation is 1. The molecule has 0 saturated carbocycles. The predicted molar refractivity (Wildman–Crippen MR) is 110 cm³/mol. The maximum Gasteiger partial charge on any atom is 0.234 e. The van der Waals surface area contributed by atoms with Gasteiger partial charge in [-0.3, -0.25) is 4.79 Å². The molecule has 27 heavy (non-hydrogen) atoms. The number of nitrogen functional groups attached to an aromatic ring is 1. The first-order chi connectivity index (χ1) is 13.0. The van der Waals surface area contributed by atoms with Gasteiger partial charge in [0.1, 0.15) is 5.75 Å². The van der Waals surface area contributed by atoms with Crippen molar-refractivity contribution in [1.82, 2.24) is 14.9 Å². The first-order valence-corrected chi connectivity index (χ1v) is 9.79. The van der Waals surface area contributed by atoms with Crippen molar-refractivity contribution < 1.29 is 9.53 Å². The molecule has 1 amide bonds. The van der Waals surface area contributed by atoms with Gasteiger partial charge in [-0.2, -0.15) is 0 Å². The summed E-state index contributed by atoms with van der Waals surface area (Å²) < 4.78 is 7.48. The highest BCUT2D eigenvalue weighted by Crippen LogP contribution is 2.25. The summed E-state index contributed by atoms with van der Waals surface area (Å²) in [5, 5.41) is 11.5. The molecule has 0 radical (unpaired) electrons. The summed E-state index contributed by atoms with van der Waals surface area (Å²) in [6, 6.07) is 13.1. The number of carbonyl (C=O) groups excluding carboxylic acids is 1. The molecular weight excluding hydrogens is 430 g/mol. The lowest BCUT2D eigenvalue weighted by Gasteiger charge is -2.09. The van der Waals surface area contributed by atoms with Crippen molar-refractivity contribution in [3.05, 3.63) is 52.5 Å². The summed E-state index contributed by atoms with van der Waals surface area (Å²) in [6.45, 7) is 1.91. The van der Waals surface area contributed by atoms with E-state index in [4.69, 9.17) is 10.6 Å². The summed E-state index contributed by atoms with van der Waals surface area (Å²) in [5.74, 6) is 7.38. The first-order valence-electron chi connectivity index (χ1n) is 8.01. The zero-order valence-corrected chi connectivity index (χ0v) is 17.2. The normalized spacial score (nSPS) is 10.6. The lowest BCUT2D eigenvalue weighted by Crippen LogP contribution is -2.17. The van der Waals surface area contributed by atoms with Gasteiger partial charge in [0.15, 0.2) is 5.82 Å². The number of hydrogen-bond donors (Lipinski definition) is 2. The van der Waals surface area contributed by atoms with E-state index >= 15 is 0 Å². The van der Waals surface area contributed by atoms with Crippen LogP contribution in [0.3, 0.4) is 0 Å². The lowest BCUT2D eigenvalue weighted by atomic mass is 10.2. The Labute approximate surface area is 169 Å². The summed E-state index contributed by atoms with van der Waals surface area (Å²) in [7, 11) is 1.61. The van der Waals surface area contributed by atoms with Gasteiger partial charge < -0.3 is 15.9 Å². The average molecular weight is 448 g/mol. The Bertz CT molecular complexity index is 976.